The van der Waals surface area contributed by atoms with Crippen molar-refractivity contribution in [1.82, 2.24) is 9.97 Å². The zero-order valence-corrected chi connectivity index (χ0v) is 11.4. The van der Waals surface area contributed by atoms with Crippen LogP contribution < -0.4 is 4.90 Å². The highest BCUT2D eigenvalue weighted by atomic mass is 16.6. The van der Waals surface area contributed by atoms with E-state index >= 15 is 0 Å². The Bertz CT molecular complexity index is 421. The van der Waals surface area contributed by atoms with Gasteiger partial charge in [0.25, 0.3) is 0 Å². The highest BCUT2D eigenvalue weighted by Gasteiger charge is 2.17. The molecule has 0 aromatic carbocycles. The largest absolute Gasteiger partial charge is 0.393 e. The van der Waals surface area contributed by atoms with Crippen LogP contribution in [-0.4, -0.2) is 46.6 Å². The normalized spacial score (nSPS) is 17.2. The molecule has 2 rings (SSSR count). The van der Waals surface area contributed by atoms with Crippen LogP contribution in [0.1, 0.15) is 25.3 Å². The molecule has 1 aliphatic heterocycles. The number of aryl methyl sites for hydroxylation is 1. The molecule has 2 heterocycles. The maximum absolute atomic E-state index is 9.08. The second-order valence-corrected chi connectivity index (χ2v) is 4.85. The summed E-state index contributed by atoms with van der Waals surface area (Å²) in [5.41, 5.74) is 2.10. The summed E-state index contributed by atoms with van der Waals surface area (Å²) in [4.78, 5) is 15.9. The maximum atomic E-state index is 9.08. The third-order valence-corrected chi connectivity index (χ3v) is 2.90. The van der Waals surface area contributed by atoms with E-state index in [0.29, 0.717) is 0 Å². The van der Waals surface area contributed by atoms with Gasteiger partial charge in [0, 0.05) is 38.3 Å². The summed E-state index contributed by atoms with van der Waals surface area (Å²) < 4.78 is 0. The first-order valence-corrected chi connectivity index (χ1v) is 6.54. The Kier molecular flexibility index (Phi) is 4.68. The van der Waals surface area contributed by atoms with Gasteiger partial charge in [-0.3, -0.25) is 0 Å². The smallest absolute Gasteiger partial charge is 0.225 e. The van der Waals surface area contributed by atoms with Gasteiger partial charge in [-0.1, -0.05) is 5.16 Å². The molecule has 19 heavy (non-hydrogen) atoms. The van der Waals surface area contributed by atoms with Crippen LogP contribution >= 0.6 is 0 Å². The van der Waals surface area contributed by atoms with E-state index in [1.807, 2.05) is 19.3 Å². The minimum atomic E-state index is -0.481. The number of aromatic nitrogens is 2. The molecule has 0 saturated carbocycles. The van der Waals surface area contributed by atoms with Gasteiger partial charge in [-0.15, -0.1) is 0 Å². The van der Waals surface area contributed by atoms with Gasteiger partial charge in [-0.05, 0) is 19.4 Å². The number of nitrogens with zero attached hydrogens (tertiary/aromatic N) is 4. The van der Waals surface area contributed by atoms with E-state index in [2.05, 4.69) is 20.0 Å². The Morgan fingerprint density at radius 1 is 1.37 bits per heavy atom. The molecular weight excluding hydrogens is 244 g/mol. The number of hydrogen-bond donors (Lipinski definition) is 1. The summed E-state index contributed by atoms with van der Waals surface area (Å²) in [5.74, 6) is 0.773. The molecule has 1 fully saturated rings. The Hall–Kier alpha value is -1.69. The molecular formula is C13H20N4O2. The lowest BCUT2D eigenvalue weighted by Gasteiger charge is -2.27. The summed E-state index contributed by atoms with van der Waals surface area (Å²) in [6.07, 6.45) is 4.87. The Morgan fingerprint density at radius 2 is 2.00 bits per heavy atom. The third kappa shape index (κ3) is 4.17. The molecule has 6 nitrogen and oxygen atoms in total. The molecule has 0 aliphatic carbocycles. The van der Waals surface area contributed by atoms with Crippen LogP contribution in [0.15, 0.2) is 17.5 Å². The van der Waals surface area contributed by atoms with Gasteiger partial charge in [-0.2, -0.15) is 0 Å². The summed E-state index contributed by atoms with van der Waals surface area (Å²) in [6, 6.07) is 0. The molecule has 1 atom stereocenters. The molecule has 0 spiro atoms. The lowest BCUT2D eigenvalue weighted by Crippen LogP contribution is -2.35. The summed E-state index contributed by atoms with van der Waals surface area (Å²) >= 11 is 0. The van der Waals surface area contributed by atoms with Crippen LogP contribution in [0.4, 0.5) is 5.95 Å². The standard InChI is InChI=1S/C13H20N4O2/c1-10-7-14-13(15-8-10)17-5-3-12(4-6-17)16-19-9-11(2)18/h7-8,11,18H,3-6,9H2,1-2H3/t11-/m0/s1. The van der Waals surface area contributed by atoms with Crippen molar-refractivity contribution >= 4 is 11.7 Å². The van der Waals surface area contributed by atoms with E-state index in [1.165, 1.54) is 0 Å². The van der Waals surface area contributed by atoms with Crippen LogP contribution in [0.25, 0.3) is 0 Å². The van der Waals surface area contributed by atoms with Crippen molar-refractivity contribution in [3.05, 3.63) is 18.0 Å². The van der Waals surface area contributed by atoms with Gasteiger partial charge in [-0.25, -0.2) is 9.97 Å². The van der Waals surface area contributed by atoms with E-state index in [-0.39, 0.29) is 6.61 Å². The highest BCUT2D eigenvalue weighted by Crippen LogP contribution is 2.14. The molecule has 104 valence electrons. The van der Waals surface area contributed by atoms with Crippen molar-refractivity contribution in [2.24, 2.45) is 5.16 Å². The number of piperidine rings is 1. The third-order valence-electron chi connectivity index (χ3n) is 2.90. The van der Waals surface area contributed by atoms with Gasteiger partial charge in [0.1, 0.15) is 6.61 Å². The molecule has 1 aliphatic rings. The lowest BCUT2D eigenvalue weighted by atomic mass is 10.1. The fourth-order valence-corrected chi connectivity index (χ4v) is 1.84. The van der Waals surface area contributed by atoms with Crippen LogP contribution in [-0.2, 0) is 4.84 Å². The molecule has 1 saturated heterocycles. The zero-order chi connectivity index (χ0) is 13.7. The Labute approximate surface area is 113 Å². The number of anilines is 1. The predicted molar refractivity (Wildman–Crippen MR) is 73.3 cm³/mol. The van der Waals surface area contributed by atoms with E-state index in [1.54, 1.807) is 6.92 Å². The van der Waals surface area contributed by atoms with Crippen LogP contribution in [0.2, 0.25) is 0 Å². The van der Waals surface area contributed by atoms with E-state index in [0.717, 1.165) is 43.2 Å². The minimum Gasteiger partial charge on any atom is -0.393 e. The average Bonchev–Trinajstić information content (AvgIpc) is 2.40. The minimum absolute atomic E-state index is 0.244. The number of oxime groups is 1. The zero-order valence-electron chi connectivity index (χ0n) is 11.4. The van der Waals surface area contributed by atoms with E-state index < -0.39 is 6.10 Å². The van der Waals surface area contributed by atoms with Crippen LogP contribution in [0.3, 0.4) is 0 Å². The summed E-state index contributed by atoms with van der Waals surface area (Å²) in [6.45, 7) is 5.59. The molecule has 6 heteroatoms. The molecule has 0 amide bonds. The molecule has 1 aromatic rings. The topological polar surface area (TPSA) is 70.8 Å². The molecule has 0 unspecified atom stereocenters. The first-order valence-electron chi connectivity index (χ1n) is 6.54. The highest BCUT2D eigenvalue weighted by molar-refractivity contribution is 5.86. The van der Waals surface area contributed by atoms with Crippen molar-refractivity contribution in [3.63, 3.8) is 0 Å². The first kappa shape index (κ1) is 13.7. The van der Waals surface area contributed by atoms with Gasteiger partial charge in [0.05, 0.1) is 11.8 Å². The fourth-order valence-electron chi connectivity index (χ4n) is 1.84. The first-order chi connectivity index (χ1) is 9.15. The van der Waals surface area contributed by atoms with E-state index in [4.69, 9.17) is 9.94 Å². The maximum Gasteiger partial charge on any atom is 0.225 e. The number of aliphatic hydroxyl groups is 1. The predicted octanol–water partition coefficient (Wildman–Crippen LogP) is 1.14. The molecule has 0 radical (unpaired) electrons. The van der Waals surface area contributed by atoms with Crippen LogP contribution in [0, 0.1) is 6.92 Å². The molecule has 1 N–H and O–H groups in total. The summed E-state index contributed by atoms with van der Waals surface area (Å²) in [7, 11) is 0. The van der Waals surface area contributed by atoms with Crippen molar-refractivity contribution < 1.29 is 9.94 Å². The Balaban J connectivity index is 1.83. The van der Waals surface area contributed by atoms with Crippen molar-refractivity contribution in [2.75, 3.05) is 24.6 Å². The second kappa shape index (κ2) is 6.47. The average molecular weight is 264 g/mol. The van der Waals surface area contributed by atoms with Gasteiger partial charge < -0.3 is 14.8 Å². The number of aliphatic hydroxyl groups excluding tert-OH is 1. The lowest BCUT2D eigenvalue weighted by molar-refractivity contribution is 0.0494. The van der Waals surface area contributed by atoms with Crippen molar-refractivity contribution in [3.8, 4) is 0 Å². The summed E-state index contributed by atoms with van der Waals surface area (Å²) in [5, 5.41) is 13.1. The quantitative estimate of drug-likeness (QED) is 0.826. The monoisotopic (exact) mass is 264 g/mol. The van der Waals surface area contributed by atoms with Gasteiger partial charge in [0.2, 0.25) is 5.95 Å². The SMILES string of the molecule is Cc1cnc(N2CCC(=NOC[C@H](C)O)CC2)nc1. The number of hydrogen-bond acceptors (Lipinski definition) is 6. The van der Waals surface area contributed by atoms with Crippen LogP contribution in [0.5, 0.6) is 0 Å². The van der Waals surface area contributed by atoms with Gasteiger partial charge >= 0.3 is 0 Å². The number of rotatable bonds is 4. The second-order valence-electron chi connectivity index (χ2n) is 4.85. The Morgan fingerprint density at radius 3 is 2.58 bits per heavy atom. The molecule has 1 aromatic heterocycles. The van der Waals surface area contributed by atoms with Crippen molar-refractivity contribution in [1.29, 1.82) is 0 Å². The fraction of sp³-hybridized carbons (Fsp3) is 0.615. The van der Waals surface area contributed by atoms with E-state index in [9.17, 15) is 0 Å². The van der Waals surface area contributed by atoms with Crippen molar-refractivity contribution in [2.45, 2.75) is 32.8 Å². The molecule has 0 bridgehead atoms. The van der Waals surface area contributed by atoms with Gasteiger partial charge in [0.15, 0.2) is 0 Å².